The Hall–Kier alpha value is -1.17. The molecular weight excluding hydrogens is 351 g/mol. The number of halogens is 3. The summed E-state index contributed by atoms with van der Waals surface area (Å²) in [6.45, 7) is 0. The maximum atomic E-state index is 13.1. The van der Waals surface area contributed by atoms with Gasteiger partial charge in [0.25, 0.3) is 0 Å². The van der Waals surface area contributed by atoms with Crippen LogP contribution in [-0.4, -0.2) is 9.55 Å². The number of nitrogens with one attached hydrogen (secondary N) is 1. The first-order valence-electron chi connectivity index (χ1n) is 5.42. The molecule has 6 heteroatoms. The lowest BCUT2D eigenvalue weighted by atomic mass is 10.2. The first-order chi connectivity index (χ1) is 9.06. The number of hydrogen-bond donors (Lipinski definition) is 1. The fraction of sp³-hybridized carbons (Fsp3) is 0. The Morgan fingerprint density at radius 2 is 2.00 bits per heavy atom. The molecule has 0 radical (unpaired) electrons. The van der Waals surface area contributed by atoms with Crippen LogP contribution in [-0.2, 0) is 0 Å². The minimum Gasteiger partial charge on any atom is -0.330 e. The highest BCUT2D eigenvalue weighted by atomic mass is 79.9. The van der Waals surface area contributed by atoms with Crippen LogP contribution in [0, 0.1) is 10.6 Å². The average Bonchev–Trinajstić information content (AvgIpc) is 2.65. The molecule has 0 atom stereocenters. The van der Waals surface area contributed by atoms with E-state index in [0.29, 0.717) is 15.5 Å². The minimum absolute atomic E-state index is 0.319. The van der Waals surface area contributed by atoms with Crippen LogP contribution >= 0.6 is 39.7 Å². The van der Waals surface area contributed by atoms with E-state index in [0.717, 1.165) is 15.5 Å². The van der Waals surface area contributed by atoms with Gasteiger partial charge in [-0.1, -0.05) is 27.5 Å². The Bertz CT molecular complexity index is 840. The Morgan fingerprint density at radius 1 is 1.21 bits per heavy atom. The number of aromatic amines is 1. The van der Waals surface area contributed by atoms with Crippen LogP contribution in [0.25, 0.3) is 16.7 Å². The van der Waals surface area contributed by atoms with Gasteiger partial charge < -0.3 is 4.98 Å². The molecule has 0 bridgehead atoms. The van der Waals surface area contributed by atoms with Crippen LogP contribution in [0.15, 0.2) is 40.9 Å². The van der Waals surface area contributed by atoms with Gasteiger partial charge in [-0.2, -0.15) is 0 Å². The number of H-pyrrole nitrogens is 1. The number of imidazole rings is 1. The summed E-state index contributed by atoms with van der Waals surface area (Å²) < 4.78 is 16.4. The highest BCUT2D eigenvalue weighted by molar-refractivity contribution is 9.10. The van der Waals surface area contributed by atoms with Crippen molar-refractivity contribution in [3.8, 4) is 5.69 Å². The van der Waals surface area contributed by atoms with Gasteiger partial charge in [0.1, 0.15) is 5.82 Å². The van der Waals surface area contributed by atoms with Gasteiger partial charge in [0.2, 0.25) is 0 Å². The number of fused-ring (bicyclic) bond motifs is 1. The van der Waals surface area contributed by atoms with E-state index in [1.807, 2.05) is 18.2 Å². The molecule has 0 aliphatic carbocycles. The summed E-state index contributed by atoms with van der Waals surface area (Å²) in [5, 5.41) is 0.319. The molecule has 0 saturated heterocycles. The van der Waals surface area contributed by atoms with Crippen molar-refractivity contribution in [3.05, 3.63) is 56.5 Å². The van der Waals surface area contributed by atoms with Gasteiger partial charge in [0, 0.05) is 4.47 Å². The van der Waals surface area contributed by atoms with Crippen LogP contribution in [0.4, 0.5) is 4.39 Å². The second-order valence-electron chi connectivity index (χ2n) is 4.02. The monoisotopic (exact) mass is 356 g/mol. The quantitative estimate of drug-likeness (QED) is 0.590. The molecule has 3 aromatic rings. The van der Waals surface area contributed by atoms with Gasteiger partial charge in [-0.05, 0) is 48.6 Å². The van der Waals surface area contributed by atoms with E-state index < -0.39 is 0 Å². The van der Waals surface area contributed by atoms with E-state index in [9.17, 15) is 4.39 Å². The van der Waals surface area contributed by atoms with E-state index >= 15 is 0 Å². The lowest BCUT2D eigenvalue weighted by Gasteiger charge is -2.07. The Labute approximate surface area is 127 Å². The van der Waals surface area contributed by atoms with E-state index in [4.69, 9.17) is 23.8 Å². The zero-order valence-corrected chi connectivity index (χ0v) is 12.6. The van der Waals surface area contributed by atoms with Gasteiger partial charge in [0.15, 0.2) is 4.77 Å². The summed E-state index contributed by atoms with van der Waals surface area (Å²) in [7, 11) is 0. The molecule has 0 amide bonds. The molecule has 96 valence electrons. The second-order valence-corrected chi connectivity index (χ2v) is 5.73. The van der Waals surface area contributed by atoms with Gasteiger partial charge in [-0.25, -0.2) is 4.39 Å². The third-order valence-electron chi connectivity index (χ3n) is 2.79. The van der Waals surface area contributed by atoms with E-state index in [1.54, 1.807) is 10.6 Å². The fourth-order valence-electron chi connectivity index (χ4n) is 1.99. The van der Waals surface area contributed by atoms with Gasteiger partial charge in [-0.15, -0.1) is 0 Å². The maximum absolute atomic E-state index is 13.1. The van der Waals surface area contributed by atoms with Crippen molar-refractivity contribution >= 4 is 50.8 Å². The zero-order valence-electron chi connectivity index (χ0n) is 9.45. The summed E-state index contributed by atoms with van der Waals surface area (Å²) >= 11 is 14.8. The SMILES string of the molecule is Fc1ccc(-n2c(=S)[nH]c3cc(Br)ccc32)c(Cl)c1. The molecule has 0 aliphatic rings. The molecule has 0 saturated carbocycles. The predicted octanol–water partition coefficient (Wildman–Crippen LogP) is 5.24. The molecular formula is C13H7BrClFN2S. The van der Waals surface area contributed by atoms with Crippen molar-refractivity contribution in [2.45, 2.75) is 0 Å². The number of hydrogen-bond acceptors (Lipinski definition) is 1. The molecule has 0 aliphatic heterocycles. The highest BCUT2D eigenvalue weighted by Gasteiger charge is 2.10. The molecule has 0 fully saturated rings. The van der Waals surface area contributed by atoms with Crippen molar-refractivity contribution in [3.63, 3.8) is 0 Å². The van der Waals surface area contributed by atoms with E-state index in [-0.39, 0.29) is 5.82 Å². The normalized spacial score (nSPS) is 11.1. The van der Waals surface area contributed by atoms with Crippen molar-refractivity contribution in [2.75, 3.05) is 0 Å². The fourth-order valence-corrected chi connectivity index (χ4v) is 2.91. The van der Waals surface area contributed by atoms with Crippen LogP contribution in [0.5, 0.6) is 0 Å². The summed E-state index contributed by atoms with van der Waals surface area (Å²) in [6, 6.07) is 10.0. The summed E-state index contributed by atoms with van der Waals surface area (Å²) in [5.41, 5.74) is 2.43. The molecule has 3 rings (SSSR count). The molecule has 1 heterocycles. The molecule has 1 aromatic heterocycles. The minimum atomic E-state index is -0.372. The largest absolute Gasteiger partial charge is 0.330 e. The lowest BCUT2D eigenvalue weighted by Crippen LogP contribution is -1.95. The first kappa shape index (κ1) is 12.8. The number of rotatable bonds is 1. The molecule has 1 N–H and O–H groups in total. The van der Waals surface area contributed by atoms with Gasteiger partial charge >= 0.3 is 0 Å². The Kier molecular flexibility index (Phi) is 3.20. The number of aromatic nitrogens is 2. The molecule has 19 heavy (non-hydrogen) atoms. The van der Waals surface area contributed by atoms with Gasteiger partial charge in [0.05, 0.1) is 21.7 Å². The topological polar surface area (TPSA) is 20.7 Å². The van der Waals surface area contributed by atoms with Crippen molar-refractivity contribution in [1.29, 1.82) is 0 Å². The second kappa shape index (κ2) is 4.74. The van der Waals surface area contributed by atoms with Crippen LogP contribution in [0.3, 0.4) is 0 Å². The Morgan fingerprint density at radius 3 is 2.74 bits per heavy atom. The van der Waals surface area contributed by atoms with Crippen LogP contribution in [0.2, 0.25) is 5.02 Å². The average molecular weight is 358 g/mol. The predicted molar refractivity (Wildman–Crippen MR) is 81.1 cm³/mol. The third kappa shape index (κ3) is 2.22. The van der Waals surface area contributed by atoms with E-state index in [1.165, 1.54) is 12.1 Å². The Balaban J connectivity index is 2.36. The summed E-state index contributed by atoms with van der Waals surface area (Å²) in [6.07, 6.45) is 0. The standard InChI is InChI=1S/C13H7BrClFN2S/c14-7-1-3-12-10(5-7)17-13(19)18(12)11-4-2-8(16)6-9(11)15/h1-6H,(H,17,19). The highest BCUT2D eigenvalue weighted by Crippen LogP contribution is 2.27. The van der Waals surface area contributed by atoms with Crippen molar-refractivity contribution in [2.24, 2.45) is 0 Å². The number of nitrogens with zero attached hydrogens (tertiary/aromatic N) is 1. The van der Waals surface area contributed by atoms with Crippen LogP contribution in [0.1, 0.15) is 0 Å². The third-order valence-corrected chi connectivity index (χ3v) is 3.88. The smallest absolute Gasteiger partial charge is 0.182 e. The van der Waals surface area contributed by atoms with Gasteiger partial charge in [-0.3, -0.25) is 4.57 Å². The molecule has 2 nitrogen and oxygen atoms in total. The van der Waals surface area contributed by atoms with Crippen molar-refractivity contribution in [1.82, 2.24) is 9.55 Å². The zero-order chi connectivity index (χ0) is 13.6. The maximum Gasteiger partial charge on any atom is 0.182 e. The van der Waals surface area contributed by atoms with Crippen molar-refractivity contribution < 1.29 is 4.39 Å². The summed E-state index contributed by atoms with van der Waals surface area (Å²) in [5.74, 6) is -0.372. The summed E-state index contributed by atoms with van der Waals surface area (Å²) in [4.78, 5) is 3.10. The molecule has 0 unspecified atom stereocenters. The first-order valence-corrected chi connectivity index (χ1v) is 7.00. The molecule has 0 spiro atoms. The van der Waals surface area contributed by atoms with Crippen LogP contribution < -0.4 is 0 Å². The molecule has 2 aromatic carbocycles. The lowest BCUT2D eigenvalue weighted by molar-refractivity contribution is 0.627. The van der Waals surface area contributed by atoms with E-state index in [2.05, 4.69) is 20.9 Å². The number of benzene rings is 2.